The number of rotatable bonds is 5. The summed E-state index contributed by atoms with van der Waals surface area (Å²) < 4.78 is 31.5. The number of methoxy groups -OCH3 is 1. The molecule has 9 heteroatoms. The molecule has 2 aromatic carbocycles. The molecule has 2 amide bonds. The van der Waals surface area contributed by atoms with Gasteiger partial charge in [0.2, 0.25) is 0 Å². The molecule has 1 heterocycles. The van der Waals surface area contributed by atoms with Crippen LogP contribution in [0.3, 0.4) is 0 Å². The Morgan fingerprint density at radius 1 is 1.07 bits per heavy atom. The van der Waals surface area contributed by atoms with E-state index in [0.29, 0.717) is 5.69 Å². The molecule has 0 unspecified atom stereocenters. The molecule has 3 aromatic rings. The van der Waals surface area contributed by atoms with Crippen LogP contribution in [0.15, 0.2) is 58.8 Å². The number of carbonyl (C=O) groups is 1. The fraction of sp³-hybridized carbons (Fsp3) is 0.111. The number of amides is 2. The molecule has 0 saturated carbocycles. The van der Waals surface area contributed by atoms with Crippen LogP contribution >= 0.6 is 11.3 Å². The Labute approximate surface area is 161 Å². The van der Waals surface area contributed by atoms with Gasteiger partial charge in [-0.15, -0.1) is 11.3 Å². The molecular formula is C18H17N3O4S2. The van der Waals surface area contributed by atoms with E-state index in [1.165, 1.54) is 23.5 Å². The fourth-order valence-electron chi connectivity index (χ4n) is 2.25. The van der Waals surface area contributed by atoms with Gasteiger partial charge in [0.25, 0.3) is 10.0 Å². The van der Waals surface area contributed by atoms with Gasteiger partial charge in [-0.2, -0.15) is 0 Å². The molecule has 0 aliphatic heterocycles. The van der Waals surface area contributed by atoms with Gasteiger partial charge in [0.05, 0.1) is 17.7 Å². The third kappa shape index (κ3) is 4.63. The van der Waals surface area contributed by atoms with Crippen LogP contribution in [0.1, 0.15) is 5.56 Å². The Kier molecular flexibility index (Phi) is 5.43. The monoisotopic (exact) mass is 403 g/mol. The van der Waals surface area contributed by atoms with E-state index in [0.717, 1.165) is 16.9 Å². The lowest BCUT2D eigenvalue weighted by Gasteiger charge is -2.07. The number of nitrogens with one attached hydrogen (secondary N) is 2. The Morgan fingerprint density at radius 2 is 1.74 bits per heavy atom. The predicted octanol–water partition coefficient (Wildman–Crippen LogP) is 3.64. The maximum Gasteiger partial charge on any atom is 0.334 e. The van der Waals surface area contributed by atoms with Gasteiger partial charge in [0.1, 0.15) is 5.75 Å². The molecule has 0 aliphatic carbocycles. The lowest BCUT2D eigenvalue weighted by molar-refractivity contribution is 0.256. The summed E-state index contributed by atoms with van der Waals surface area (Å²) in [5.74, 6) is 0.730. The number of benzene rings is 2. The van der Waals surface area contributed by atoms with Crippen LogP contribution in [0.25, 0.3) is 11.3 Å². The maximum atomic E-state index is 12.2. The zero-order valence-electron chi connectivity index (χ0n) is 14.6. The summed E-state index contributed by atoms with van der Waals surface area (Å²) in [5, 5.41) is 4.50. The molecule has 1 aromatic heterocycles. The van der Waals surface area contributed by atoms with E-state index in [-0.39, 0.29) is 10.0 Å². The van der Waals surface area contributed by atoms with Crippen LogP contribution in [0.4, 0.5) is 9.93 Å². The lowest BCUT2D eigenvalue weighted by atomic mass is 10.2. The molecule has 3 rings (SSSR count). The number of anilines is 1. The summed E-state index contributed by atoms with van der Waals surface area (Å²) in [6, 6.07) is 12.6. The van der Waals surface area contributed by atoms with Crippen LogP contribution < -0.4 is 14.8 Å². The van der Waals surface area contributed by atoms with Crippen molar-refractivity contribution in [2.45, 2.75) is 11.8 Å². The minimum atomic E-state index is -3.95. The summed E-state index contributed by atoms with van der Waals surface area (Å²) in [6.45, 7) is 1.85. The summed E-state index contributed by atoms with van der Waals surface area (Å²) in [6.07, 6.45) is 0. The van der Waals surface area contributed by atoms with Crippen molar-refractivity contribution in [3.63, 3.8) is 0 Å². The van der Waals surface area contributed by atoms with E-state index < -0.39 is 16.1 Å². The topological polar surface area (TPSA) is 97.4 Å². The van der Waals surface area contributed by atoms with Gasteiger partial charge in [-0.1, -0.05) is 17.7 Å². The molecule has 0 bridgehead atoms. The number of hydrogen-bond acceptors (Lipinski definition) is 6. The van der Waals surface area contributed by atoms with Crippen LogP contribution in [0, 0.1) is 6.92 Å². The minimum absolute atomic E-state index is 0.0151. The number of aromatic nitrogens is 1. The van der Waals surface area contributed by atoms with Crippen LogP contribution in [-0.2, 0) is 10.0 Å². The molecule has 0 radical (unpaired) electrons. The summed E-state index contributed by atoms with van der Waals surface area (Å²) in [7, 11) is -2.36. The second kappa shape index (κ2) is 7.77. The third-order valence-corrected chi connectivity index (χ3v) is 5.77. The minimum Gasteiger partial charge on any atom is -0.497 e. The number of nitrogens with zero attached hydrogens (tertiary/aromatic N) is 1. The Bertz CT molecular complexity index is 1040. The zero-order valence-corrected chi connectivity index (χ0v) is 16.2. The maximum absolute atomic E-state index is 12.2. The third-order valence-electron chi connectivity index (χ3n) is 3.67. The molecular weight excluding hydrogens is 386 g/mol. The largest absolute Gasteiger partial charge is 0.497 e. The van der Waals surface area contributed by atoms with E-state index in [2.05, 4.69) is 10.3 Å². The van der Waals surface area contributed by atoms with Gasteiger partial charge in [-0.05, 0) is 43.3 Å². The molecule has 0 spiro atoms. The first-order valence-electron chi connectivity index (χ1n) is 7.88. The van der Waals surface area contributed by atoms with Gasteiger partial charge in [0.15, 0.2) is 5.13 Å². The van der Waals surface area contributed by atoms with Gasteiger partial charge in [0, 0.05) is 10.9 Å². The smallest absolute Gasteiger partial charge is 0.334 e. The molecule has 0 fully saturated rings. The Hall–Kier alpha value is -2.91. The average molecular weight is 403 g/mol. The van der Waals surface area contributed by atoms with Crippen molar-refractivity contribution >= 4 is 32.5 Å². The average Bonchev–Trinajstić information content (AvgIpc) is 3.10. The number of aryl methyl sites for hydroxylation is 1. The highest BCUT2D eigenvalue weighted by Gasteiger charge is 2.18. The van der Waals surface area contributed by atoms with Gasteiger partial charge >= 0.3 is 6.03 Å². The first-order chi connectivity index (χ1) is 12.9. The van der Waals surface area contributed by atoms with Crippen molar-refractivity contribution in [1.82, 2.24) is 9.71 Å². The van der Waals surface area contributed by atoms with Crippen LogP contribution in [-0.4, -0.2) is 26.5 Å². The number of thiazole rings is 1. The summed E-state index contributed by atoms with van der Waals surface area (Å²) >= 11 is 1.20. The highest BCUT2D eigenvalue weighted by molar-refractivity contribution is 7.90. The molecule has 27 heavy (non-hydrogen) atoms. The highest BCUT2D eigenvalue weighted by atomic mass is 32.2. The van der Waals surface area contributed by atoms with E-state index in [9.17, 15) is 13.2 Å². The lowest BCUT2D eigenvalue weighted by Crippen LogP contribution is -2.34. The SMILES string of the molecule is COc1ccc(-c2csc(NC(=O)NS(=O)(=O)c3ccc(C)cc3)n2)cc1. The normalized spacial score (nSPS) is 11.0. The van der Waals surface area contributed by atoms with Crippen molar-refractivity contribution in [3.8, 4) is 17.0 Å². The molecule has 0 aliphatic rings. The fourth-order valence-corrected chi connectivity index (χ4v) is 3.87. The van der Waals surface area contributed by atoms with E-state index >= 15 is 0 Å². The van der Waals surface area contributed by atoms with E-state index in [1.807, 2.05) is 35.9 Å². The number of ether oxygens (including phenoxy) is 1. The molecule has 0 atom stereocenters. The first-order valence-corrected chi connectivity index (χ1v) is 10.2. The summed E-state index contributed by atoms with van der Waals surface area (Å²) in [4.78, 5) is 16.4. The molecule has 2 N–H and O–H groups in total. The standard InChI is InChI=1S/C18H17N3O4S2/c1-12-3-9-15(10-4-12)27(23,24)21-17(22)20-18-19-16(11-26-18)13-5-7-14(25-2)8-6-13/h3-11H,1-2H3,(H2,19,20,21,22). The van der Waals surface area contributed by atoms with Gasteiger partial charge < -0.3 is 4.74 Å². The van der Waals surface area contributed by atoms with Crippen LogP contribution in [0.5, 0.6) is 5.75 Å². The van der Waals surface area contributed by atoms with Crippen molar-refractivity contribution < 1.29 is 17.9 Å². The van der Waals surface area contributed by atoms with Gasteiger partial charge in [-0.3, -0.25) is 5.32 Å². The number of hydrogen-bond donors (Lipinski definition) is 2. The van der Waals surface area contributed by atoms with Crippen molar-refractivity contribution in [3.05, 3.63) is 59.5 Å². The zero-order chi connectivity index (χ0) is 19.4. The highest BCUT2D eigenvalue weighted by Crippen LogP contribution is 2.26. The van der Waals surface area contributed by atoms with Crippen LogP contribution in [0.2, 0.25) is 0 Å². The molecule has 0 saturated heterocycles. The van der Waals surface area contributed by atoms with Crippen molar-refractivity contribution in [2.75, 3.05) is 12.4 Å². The molecule has 140 valence electrons. The van der Waals surface area contributed by atoms with E-state index in [4.69, 9.17) is 4.74 Å². The second-order valence-corrected chi connectivity index (χ2v) is 8.18. The van der Waals surface area contributed by atoms with Crippen molar-refractivity contribution in [1.29, 1.82) is 0 Å². The quantitative estimate of drug-likeness (QED) is 0.678. The summed E-state index contributed by atoms with van der Waals surface area (Å²) in [5.41, 5.74) is 2.44. The Balaban J connectivity index is 1.67. The number of sulfonamides is 1. The van der Waals surface area contributed by atoms with Gasteiger partial charge in [-0.25, -0.2) is 22.9 Å². The van der Waals surface area contributed by atoms with Crippen molar-refractivity contribution in [2.24, 2.45) is 0 Å². The molecule has 7 nitrogen and oxygen atoms in total. The number of carbonyl (C=O) groups excluding carboxylic acids is 1. The Morgan fingerprint density at radius 3 is 2.37 bits per heavy atom. The van der Waals surface area contributed by atoms with E-state index in [1.54, 1.807) is 24.6 Å². The predicted molar refractivity (Wildman–Crippen MR) is 105 cm³/mol. The number of urea groups is 1. The first kappa shape index (κ1) is 18.9. The second-order valence-electron chi connectivity index (χ2n) is 5.64.